The summed E-state index contributed by atoms with van der Waals surface area (Å²) in [6.07, 6.45) is -4.73. The van der Waals surface area contributed by atoms with E-state index < -0.39 is 6.36 Å². The van der Waals surface area contributed by atoms with Gasteiger partial charge in [-0.3, -0.25) is 5.10 Å². The van der Waals surface area contributed by atoms with Crippen molar-refractivity contribution >= 4 is 16.7 Å². The first-order chi connectivity index (χ1) is 6.97. The summed E-state index contributed by atoms with van der Waals surface area (Å²) in [6, 6.07) is 4.15. The molecule has 0 aliphatic carbocycles. The van der Waals surface area contributed by atoms with E-state index in [1.165, 1.54) is 12.1 Å². The standard InChI is InChI=1S/C8H6F3N3O/c9-8(10,11)15-5-3-1-2-4-6(5)13-14-7(4)12/h1-3H,(H3,12,13,14). The SMILES string of the molecule is Nc1n[nH]c2c(OC(F)(F)F)cccc12. The van der Waals surface area contributed by atoms with E-state index in [1.54, 1.807) is 6.07 Å². The molecular weight excluding hydrogens is 211 g/mol. The van der Waals surface area contributed by atoms with E-state index in [9.17, 15) is 13.2 Å². The highest BCUT2D eigenvalue weighted by molar-refractivity contribution is 5.92. The molecule has 2 aromatic rings. The Morgan fingerprint density at radius 3 is 2.73 bits per heavy atom. The minimum Gasteiger partial charge on any atom is -0.403 e. The largest absolute Gasteiger partial charge is 0.573 e. The lowest BCUT2D eigenvalue weighted by molar-refractivity contribution is -0.274. The molecule has 0 spiro atoms. The number of alkyl halides is 3. The summed E-state index contributed by atoms with van der Waals surface area (Å²) in [5, 5.41) is 6.37. The van der Waals surface area contributed by atoms with Crippen LogP contribution < -0.4 is 10.5 Å². The number of nitrogen functional groups attached to an aromatic ring is 1. The molecule has 4 nitrogen and oxygen atoms in total. The second-order valence-electron chi connectivity index (χ2n) is 2.84. The Bertz CT molecular complexity index is 491. The molecule has 0 aliphatic heterocycles. The first kappa shape index (κ1) is 9.63. The van der Waals surface area contributed by atoms with E-state index in [0.29, 0.717) is 5.39 Å². The number of para-hydroxylation sites is 1. The predicted octanol–water partition coefficient (Wildman–Crippen LogP) is 2.04. The highest BCUT2D eigenvalue weighted by Gasteiger charge is 2.32. The maximum Gasteiger partial charge on any atom is 0.573 e. The quantitative estimate of drug-likeness (QED) is 0.768. The van der Waals surface area contributed by atoms with Crippen molar-refractivity contribution in [3.63, 3.8) is 0 Å². The van der Waals surface area contributed by atoms with Crippen molar-refractivity contribution in [2.24, 2.45) is 0 Å². The minimum atomic E-state index is -4.73. The van der Waals surface area contributed by atoms with Gasteiger partial charge in [-0.05, 0) is 12.1 Å². The second-order valence-corrected chi connectivity index (χ2v) is 2.84. The Balaban J connectivity index is 2.52. The Labute approximate surface area is 81.8 Å². The molecule has 7 heteroatoms. The Hall–Kier alpha value is -1.92. The molecule has 1 aromatic heterocycles. The maximum absolute atomic E-state index is 12.0. The zero-order valence-corrected chi connectivity index (χ0v) is 7.30. The molecule has 0 radical (unpaired) electrons. The number of benzene rings is 1. The van der Waals surface area contributed by atoms with Gasteiger partial charge in [-0.25, -0.2) is 0 Å². The minimum absolute atomic E-state index is 0.132. The summed E-state index contributed by atoms with van der Waals surface area (Å²) in [7, 11) is 0. The number of rotatable bonds is 1. The average Bonchev–Trinajstić information content (AvgIpc) is 2.47. The van der Waals surface area contributed by atoms with Gasteiger partial charge in [-0.1, -0.05) is 6.07 Å². The summed E-state index contributed by atoms with van der Waals surface area (Å²) < 4.78 is 39.8. The zero-order valence-electron chi connectivity index (χ0n) is 7.30. The van der Waals surface area contributed by atoms with Gasteiger partial charge in [-0.2, -0.15) is 5.10 Å². The van der Waals surface area contributed by atoms with Crippen molar-refractivity contribution in [2.75, 3.05) is 5.73 Å². The number of anilines is 1. The number of hydrogen-bond acceptors (Lipinski definition) is 3. The number of halogens is 3. The number of nitrogens with zero attached hydrogens (tertiary/aromatic N) is 1. The van der Waals surface area contributed by atoms with Crippen LogP contribution in [0.3, 0.4) is 0 Å². The summed E-state index contributed by atoms with van der Waals surface area (Å²) in [6.45, 7) is 0. The third kappa shape index (κ3) is 1.80. The topological polar surface area (TPSA) is 63.9 Å². The van der Waals surface area contributed by atoms with Gasteiger partial charge in [0.1, 0.15) is 5.52 Å². The van der Waals surface area contributed by atoms with Crippen LogP contribution in [0.2, 0.25) is 0 Å². The van der Waals surface area contributed by atoms with Crippen molar-refractivity contribution in [3.8, 4) is 5.75 Å². The van der Waals surface area contributed by atoms with E-state index in [4.69, 9.17) is 5.73 Å². The molecule has 3 N–H and O–H groups in total. The second kappa shape index (κ2) is 3.04. The molecule has 2 rings (SSSR count). The molecule has 1 aromatic carbocycles. The van der Waals surface area contributed by atoms with Crippen LogP contribution in [0.1, 0.15) is 0 Å². The fourth-order valence-electron chi connectivity index (χ4n) is 1.25. The van der Waals surface area contributed by atoms with Gasteiger partial charge in [0.2, 0.25) is 0 Å². The average molecular weight is 217 g/mol. The summed E-state index contributed by atoms with van der Waals surface area (Å²) >= 11 is 0. The van der Waals surface area contributed by atoms with Crippen molar-refractivity contribution in [2.45, 2.75) is 6.36 Å². The van der Waals surface area contributed by atoms with Gasteiger partial charge in [0.25, 0.3) is 0 Å². The lowest BCUT2D eigenvalue weighted by atomic mass is 10.2. The fraction of sp³-hybridized carbons (Fsp3) is 0.125. The monoisotopic (exact) mass is 217 g/mol. The van der Waals surface area contributed by atoms with Crippen molar-refractivity contribution in [1.29, 1.82) is 0 Å². The normalized spacial score (nSPS) is 11.9. The molecular formula is C8H6F3N3O. The highest BCUT2D eigenvalue weighted by atomic mass is 19.4. The van der Waals surface area contributed by atoms with E-state index in [-0.39, 0.29) is 17.1 Å². The number of nitrogens with two attached hydrogens (primary N) is 1. The van der Waals surface area contributed by atoms with Gasteiger partial charge in [0.05, 0.1) is 0 Å². The third-order valence-electron chi connectivity index (χ3n) is 1.82. The number of ether oxygens (including phenoxy) is 1. The number of aromatic amines is 1. The lowest BCUT2D eigenvalue weighted by Gasteiger charge is -2.08. The number of nitrogens with one attached hydrogen (secondary N) is 1. The van der Waals surface area contributed by atoms with Crippen molar-refractivity contribution in [3.05, 3.63) is 18.2 Å². The van der Waals surface area contributed by atoms with E-state index in [0.717, 1.165) is 0 Å². The molecule has 15 heavy (non-hydrogen) atoms. The molecule has 1 heterocycles. The van der Waals surface area contributed by atoms with Crippen LogP contribution in [0.5, 0.6) is 5.75 Å². The van der Waals surface area contributed by atoms with Crippen LogP contribution in [0.15, 0.2) is 18.2 Å². The molecule has 0 atom stereocenters. The maximum atomic E-state index is 12.0. The van der Waals surface area contributed by atoms with Crippen LogP contribution in [-0.2, 0) is 0 Å². The Morgan fingerprint density at radius 2 is 2.07 bits per heavy atom. The van der Waals surface area contributed by atoms with Gasteiger partial charge in [-0.15, -0.1) is 13.2 Å². The molecule has 0 bridgehead atoms. The molecule has 0 aliphatic rings. The van der Waals surface area contributed by atoms with E-state index >= 15 is 0 Å². The van der Waals surface area contributed by atoms with Crippen LogP contribution in [0.25, 0.3) is 10.9 Å². The van der Waals surface area contributed by atoms with Crippen LogP contribution in [0.4, 0.5) is 19.0 Å². The number of H-pyrrole nitrogens is 1. The van der Waals surface area contributed by atoms with Crippen LogP contribution in [-0.4, -0.2) is 16.6 Å². The summed E-state index contributed by atoms with van der Waals surface area (Å²) in [5.74, 6) is -0.207. The fourth-order valence-corrected chi connectivity index (χ4v) is 1.25. The molecule has 0 saturated carbocycles. The highest BCUT2D eigenvalue weighted by Crippen LogP contribution is 2.30. The predicted molar refractivity (Wildman–Crippen MR) is 47.2 cm³/mol. The lowest BCUT2D eigenvalue weighted by Crippen LogP contribution is -2.17. The van der Waals surface area contributed by atoms with E-state index in [2.05, 4.69) is 14.9 Å². The molecule has 0 saturated heterocycles. The summed E-state index contributed by atoms with van der Waals surface area (Å²) in [5.41, 5.74) is 5.56. The van der Waals surface area contributed by atoms with Gasteiger partial charge in [0, 0.05) is 5.39 Å². The first-order valence-electron chi connectivity index (χ1n) is 3.96. The number of fused-ring (bicyclic) bond motifs is 1. The smallest absolute Gasteiger partial charge is 0.403 e. The van der Waals surface area contributed by atoms with Gasteiger partial charge >= 0.3 is 6.36 Å². The van der Waals surface area contributed by atoms with Gasteiger partial charge in [0.15, 0.2) is 11.6 Å². The number of hydrogen-bond donors (Lipinski definition) is 2. The van der Waals surface area contributed by atoms with Crippen molar-refractivity contribution in [1.82, 2.24) is 10.2 Å². The molecule has 0 amide bonds. The molecule has 80 valence electrons. The summed E-state index contributed by atoms with van der Waals surface area (Å²) in [4.78, 5) is 0. The van der Waals surface area contributed by atoms with Crippen LogP contribution >= 0.6 is 0 Å². The van der Waals surface area contributed by atoms with Crippen molar-refractivity contribution < 1.29 is 17.9 Å². The Morgan fingerprint density at radius 1 is 1.33 bits per heavy atom. The number of aromatic nitrogens is 2. The Kier molecular flexibility index (Phi) is 1.95. The van der Waals surface area contributed by atoms with Gasteiger partial charge < -0.3 is 10.5 Å². The zero-order chi connectivity index (χ0) is 11.1. The van der Waals surface area contributed by atoms with E-state index in [1.807, 2.05) is 0 Å². The van der Waals surface area contributed by atoms with Crippen LogP contribution in [0, 0.1) is 0 Å². The molecule has 0 fully saturated rings. The first-order valence-corrected chi connectivity index (χ1v) is 3.96. The molecule has 0 unspecified atom stereocenters. The third-order valence-corrected chi connectivity index (χ3v) is 1.82.